The molecule has 7 heteroatoms. The van der Waals surface area contributed by atoms with Gasteiger partial charge in [-0.3, -0.25) is 4.90 Å². The Morgan fingerprint density at radius 1 is 1.24 bits per heavy atom. The van der Waals surface area contributed by atoms with Crippen LogP contribution in [0.3, 0.4) is 0 Å². The highest BCUT2D eigenvalue weighted by atomic mass is 35.5. The van der Waals surface area contributed by atoms with Crippen LogP contribution < -0.4 is 5.32 Å². The van der Waals surface area contributed by atoms with Crippen LogP contribution in [-0.2, 0) is 11.3 Å². The van der Waals surface area contributed by atoms with E-state index in [9.17, 15) is 4.39 Å². The summed E-state index contributed by atoms with van der Waals surface area (Å²) >= 11 is 11.8. The van der Waals surface area contributed by atoms with Gasteiger partial charge in [-0.1, -0.05) is 29.8 Å². The number of anilines is 1. The summed E-state index contributed by atoms with van der Waals surface area (Å²) in [6.07, 6.45) is 0.964. The normalized spacial score (nSPS) is 14.6. The first kappa shape index (κ1) is 22.0. The van der Waals surface area contributed by atoms with Gasteiger partial charge in [0.1, 0.15) is 5.82 Å². The van der Waals surface area contributed by atoms with Gasteiger partial charge >= 0.3 is 0 Å². The molecular weight excluding hydrogens is 409 g/mol. The Bertz CT molecular complexity index is 829. The van der Waals surface area contributed by atoms with Crippen LogP contribution in [0.4, 0.5) is 10.1 Å². The predicted octanol–water partition coefficient (Wildman–Crippen LogP) is 4.71. The van der Waals surface area contributed by atoms with E-state index in [-0.39, 0.29) is 5.82 Å². The Labute approximate surface area is 182 Å². The summed E-state index contributed by atoms with van der Waals surface area (Å²) in [5.41, 5.74) is 2.85. The van der Waals surface area contributed by atoms with Gasteiger partial charge < -0.3 is 15.0 Å². The zero-order chi connectivity index (χ0) is 20.6. The van der Waals surface area contributed by atoms with Crippen LogP contribution >= 0.6 is 23.8 Å². The summed E-state index contributed by atoms with van der Waals surface area (Å²) in [5.74, 6) is -0.236. The van der Waals surface area contributed by atoms with Crippen LogP contribution in [-0.4, -0.2) is 54.3 Å². The number of thiocarbonyl (C=S) groups is 1. The topological polar surface area (TPSA) is 27.7 Å². The van der Waals surface area contributed by atoms with Crippen LogP contribution in [0.15, 0.2) is 42.5 Å². The van der Waals surface area contributed by atoms with Crippen molar-refractivity contribution in [1.29, 1.82) is 0 Å². The summed E-state index contributed by atoms with van der Waals surface area (Å²) < 4.78 is 19.1. The lowest BCUT2D eigenvalue weighted by Crippen LogP contribution is -2.40. The minimum atomic E-state index is -0.236. The molecule has 4 nitrogen and oxygen atoms in total. The summed E-state index contributed by atoms with van der Waals surface area (Å²) in [4.78, 5) is 4.49. The van der Waals surface area contributed by atoms with Crippen molar-refractivity contribution in [1.82, 2.24) is 9.80 Å². The van der Waals surface area contributed by atoms with Gasteiger partial charge in [-0.25, -0.2) is 4.39 Å². The molecule has 1 N–H and O–H groups in total. The van der Waals surface area contributed by atoms with Gasteiger partial charge in [-0.15, -0.1) is 0 Å². The molecule has 0 unspecified atom stereocenters. The smallest absolute Gasteiger partial charge is 0.173 e. The first-order valence-electron chi connectivity index (χ1n) is 9.88. The largest absolute Gasteiger partial charge is 0.379 e. The molecule has 0 bridgehead atoms. The molecule has 0 saturated carbocycles. The van der Waals surface area contributed by atoms with Crippen molar-refractivity contribution in [2.75, 3.05) is 44.7 Å². The molecule has 1 heterocycles. The molecule has 0 atom stereocenters. The number of ether oxygens (including phenoxy) is 1. The quantitative estimate of drug-likeness (QED) is 0.636. The number of nitrogens with zero attached hydrogens (tertiary/aromatic N) is 2. The zero-order valence-corrected chi connectivity index (χ0v) is 18.2. The third kappa shape index (κ3) is 6.93. The zero-order valence-electron chi connectivity index (χ0n) is 16.7. The van der Waals surface area contributed by atoms with E-state index in [1.165, 1.54) is 6.07 Å². The molecule has 156 valence electrons. The summed E-state index contributed by atoms with van der Waals surface area (Å²) in [6.45, 7) is 7.84. The first-order chi connectivity index (χ1) is 14.0. The second kappa shape index (κ2) is 10.9. The number of hydrogen-bond donors (Lipinski definition) is 1. The molecule has 1 aliphatic heterocycles. The maximum Gasteiger partial charge on any atom is 0.173 e. The first-order valence-corrected chi connectivity index (χ1v) is 10.7. The summed E-state index contributed by atoms with van der Waals surface area (Å²) in [6, 6.07) is 12.4. The van der Waals surface area contributed by atoms with Crippen molar-refractivity contribution in [3.63, 3.8) is 0 Å². The van der Waals surface area contributed by atoms with Crippen LogP contribution in [0.5, 0.6) is 0 Å². The molecule has 1 aliphatic rings. The second-order valence-corrected chi connectivity index (χ2v) is 8.07. The lowest BCUT2D eigenvalue weighted by Gasteiger charge is -2.30. The highest BCUT2D eigenvalue weighted by molar-refractivity contribution is 7.80. The fraction of sp³-hybridized carbons (Fsp3) is 0.409. The lowest BCUT2D eigenvalue weighted by molar-refractivity contribution is 0.0368. The van der Waals surface area contributed by atoms with Crippen LogP contribution in [0.25, 0.3) is 0 Å². The number of halogens is 2. The van der Waals surface area contributed by atoms with Crippen molar-refractivity contribution in [3.8, 4) is 0 Å². The molecule has 29 heavy (non-hydrogen) atoms. The molecule has 0 aliphatic carbocycles. The Hall–Kier alpha value is -1.73. The number of aryl methyl sites for hydroxylation is 1. The maximum absolute atomic E-state index is 13.7. The molecule has 0 spiro atoms. The van der Waals surface area contributed by atoms with Gasteiger partial charge in [0.2, 0.25) is 0 Å². The van der Waals surface area contributed by atoms with Crippen LogP contribution in [0.1, 0.15) is 17.5 Å². The number of nitrogens with one attached hydrogen (secondary N) is 1. The lowest BCUT2D eigenvalue weighted by atomic mass is 10.2. The van der Waals surface area contributed by atoms with Gasteiger partial charge in [0.15, 0.2) is 5.11 Å². The van der Waals surface area contributed by atoms with E-state index in [1.807, 2.05) is 31.2 Å². The van der Waals surface area contributed by atoms with Crippen molar-refractivity contribution in [2.24, 2.45) is 0 Å². The van der Waals surface area contributed by atoms with E-state index >= 15 is 0 Å². The average Bonchev–Trinajstić information content (AvgIpc) is 2.71. The van der Waals surface area contributed by atoms with E-state index in [2.05, 4.69) is 15.1 Å². The van der Waals surface area contributed by atoms with Crippen molar-refractivity contribution in [3.05, 3.63) is 64.4 Å². The van der Waals surface area contributed by atoms with Gasteiger partial charge in [0.05, 0.1) is 13.2 Å². The van der Waals surface area contributed by atoms with E-state index in [1.54, 1.807) is 12.1 Å². The van der Waals surface area contributed by atoms with Gasteiger partial charge in [0, 0.05) is 43.4 Å². The molecule has 3 rings (SSSR count). The van der Waals surface area contributed by atoms with Gasteiger partial charge in [-0.2, -0.15) is 0 Å². The van der Waals surface area contributed by atoms with E-state index in [0.29, 0.717) is 16.7 Å². The number of benzene rings is 2. The summed E-state index contributed by atoms with van der Waals surface area (Å²) in [5, 5.41) is 4.59. The molecule has 1 saturated heterocycles. The third-order valence-corrected chi connectivity index (χ3v) is 5.59. The minimum Gasteiger partial charge on any atom is -0.379 e. The fourth-order valence-corrected chi connectivity index (χ4v) is 3.78. The standard InChI is InChI=1S/C22H27ClFN3OS/c1-17-6-7-19(23)15-21(17)25-22(29)27(16-18-4-2-5-20(24)14-18)9-3-8-26-10-12-28-13-11-26/h2,4-7,14-15H,3,8-13,16H2,1H3,(H,25,29). The van der Waals surface area contributed by atoms with Crippen molar-refractivity contribution >= 4 is 34.6 Å². The van der Waals surface area contributed by atoms with Gasteiger partial charge in [0.25, 0.3) is 0 Å². The third-order valence-electron chi connectivity index (χ3n) is 5.00. The van der Waals surface area contributed by atoms with E-state index in [4.69, 9.17) is 28.6 Å². The Morgan fingerprint density at radius 2 is 2.03 bits per heavy atom. The monoisotopic (exact) mass is 435 g/mol. The summed E-state index contributed by atoms with van der Waals surface area (Å²) in [7, 11) is 0. The highest BCUT2D eigenvalue weighted by Crippen LogP contribution is 2.21. The fourth-order valence-electron chi connectivity index (χ4n) is 3.34. The van der Waals surface area contributed by atoms with Crippen LogP contribution in [0, 0.1) is 12.7 Å². The van der Waals surface area contributed by atoms with Gasteiger partial charge in [-0.05, 0) is 61.0 Å². The molecular formula is C22H27ClFN3OS. The number of hydrogen-bond acceptors (Lipinski definition) is 3. The molecule has 0 amide bonds. The Kier molecular flexibility index (Phi) is 8.24. The maximum atomic E-state index is 13.7. The average molecular weight is 436 g/mol. The number of rotatable bonds is 7. The highest BCUT2D eigenvalue weighted by Gasteiger charge is 2.15. The molecule has 2 aromatic carbocycles. The predicted molar refractivity (Wildman–Crippen MR) is 121 cm³/mol. The molecule has 0 radical (unpaired) electrons. The Balaban J connectivity index is 1.66. The van der Waals surface area contributed by atoms with E-state index in [0.717, 1.165) is 62.6 Å². The molecule has 2 aromatic rings. The van der Waals surface area contributed by atoms with Crippen LogP contribution in [0.2, 0.25) is 5.02 Å². The number of morpholine rings is 1. The SMILES string of the molecule is Cc1ccc(Cl)cc1NC(=S)N(CCCN1CCOCC1)Cc1cccc(F)c1. The van der Waals surface area contributed by atoms with E-state index < -0.39 is 0 Å². The second-order valence-electron chi connectivity index (χ2n) is 7.25. The van der Waals surface area contributed by atoms with Crippen molar-refractivity contribution < 1.29 is 9.13 Å². The Morgan fingerprint density at radius 3 is 2.79 bits per heavy atom. The van der Waals surface area contributed by atoms with Crippen molar-refractivity contribution in [2.45, 2.75) is 19.9 Å². The molecule has 0 aromatic heterocycles. The molecule has 1 fully saturated rings. The minimum absolute atomic E-state index is 0.236.